The van der Waals surface area contributed by atoms with Gasteiger partial charge in [0.2, 0.25) is 11.7 Å². The van der Waals surface area contributed by atoms with Crippen molar-refractivity contribution in [1.29, 1.82) is 0 Å². The Kier molecular flexibility index (Phi) is 5.33. The predicted octanol–water partition coefficient (Wildman–Crippen LogP) is 2.38. The van der Waals surface area contributed by atoms with E-state index in [9.17, 15) is 5.11 Å². The van der Waals surface area contributed by atoms with Crippen molar-refractivity contribution in [2.24, 2.45) is 0 Å². The number of nitrogens with zero attached hydrogens (tertiary/aromatic N) is 3. The van der Waals surface area contributed by atoms with E-state index in [1.165, 1.54) is 18.4 Å². The summed E-state index contributed by atoms with van der Waals surface area (Å²) in [5.74, 6) is 1.28. The van der Waals surface area contributed by atoms with Gasteiger partial charge in [0.15, 0.2) is 0 Å². The van der Waals surface area contributed by atoms with Crippen LogP contribution in [-0.4, -0.2) is 51.4 Å². The SMILES string of the molecule is CCc1ccc(-c2noc(CN[C@@H]3CCC[C@@H]3N3CCC(O)C3)n2)cc1. The van der Waals surface area contributed by atoms with Crippen LogP contribution in [0.4, 0.5) is 0 Å². The molecule has 0 amide bonds. The highest BCUT2D eigenvalue weighted by Crippen LogP contribution is 2.27. The molecule has 2 aromatic rings. The molecule has 6 nitrogen and oxygen atoms in total. The van der Waals surface area contributed by atoms with Gasteiger partial charge >= 0.3 is 0 Å². The number of hydrogen-bond donors (Lipinski definition) is 2. The number of aromatic nitrogens is 2. The van der Waals surface area contributed by atoms with Crippen molar-refractivity contribution >= 4 is 0 Å². The molecule has 6 heteroatoms. The monoisotopic (exact) mass is 356 g/mol. The van der Waals surface area contributed by atoms with Gasteiger partial charge in [0.25, 0.3) is 0 Å². The van der Waals surface area contributed by atoms with Gasteiger partial charge in [-0.2, -0.15) is 4.98 Å². The summed E-state index contributed by atoms with van der Waals surface area (Å²) < 4.78 is 5.44. The maximum Gasteiger partial charge on any atom is 0.240 e. The zero-order valence-corrected chi connectivity index (χ0v) is 15.4. The first-order chi connectivity index (χ1) is 12.7. The Morgan fingerprint density at radius 1 is 1.23 bits per heavy atom. The number of β-amino-alcohol motifs (C(OH)–C–C–N with tert-alkyl or cyclic N) is 1. The molecule has 1 aromatic carbocycles. The summed E-state index contributed by atoms with van der Waals surface area (Å²) in [4.78, 5) is 6.97. The van der Waals surface area contributed by atoms with Crippen LogP contribution in [0.25, 0.3) is 11.4 Å². The molecule has 3 atom stereocenters. The van der Waals surface area contributed by atoms with Crippen LogP contribution in [0.2, 0.25) is 0 Å². The van der Waals surface area contributed by atoms with Gasteiger partial charge in [0.1, 0.15) is 0 Å². The number of hydrogen-bond acceptors (Lipinski definition) is 6. The van der Waals surface area contributed by atoms with Gasteiger partial charge in [-0.05, 0) is 31.2 Å². The third-order valence-electron chi connectivity index (χ3n) is 5.75. The molecule has 0 radical (unpaired) electrons. The lowest BCUT2D eigenvalue weighted by Crippen LogP contribution is -2.46. The zero-order valence-electron chi connectivity index (χ0n) is 15.4. The van der Waals surface area contributed by atoms with E-state index in [1.807, 2.05) is 12.1 Å². The lowest BCUT2D eigenvalue weighted by Gasteiger charge is -2.29. The fourth-order valence-electron chi connectivity index (χ4n) is 4.24. The van der Waals surface area contributed by atoms with E-state index in [-0.39, 0.29) is 6.10 Å². The van der Waals surface area contributed by atoms with Gasteiger partial charge < -0.3 is 14.9 Å². The lowest BCUT2D eigenvalue weighted by atomic mass is 10.1. The quantitative estimate of drug-likeness (QED) is 0.828. The standard InChI is InChI=1S/C20H28N4O2/c1-2-14-6-8-15(9-7-14)20-22-19(26-23-20)12-21-17-4-3-5-18(17)24-11-10-16(25)13-24/h6-9,16-18,21,25H,2-5,10-13H2,1H3/t16?,17-,18+/m1/s1. The second-order valence-corrected chi connectivity index (χ2v) is 7.49. The minimum Gasteiger partial charge on any atom is -0.392 e. The molecule has 2 heterocycles. The number of likely N-dealkylation sites (tertiary alicyclic amines) is 1. The fraction of sp³-hybridized carbons (Fsp3) is 0.600. The number of benzene rings is 1. The number of aliphatic hydroxyl groups excluding tert-OH is 1. The van der Waals surface area contributed by atoms with E-state index in [2.05, 4.69) is 39.4 Å². The van der Waals surface area contributed by atoms with Crippen molar-refractivity contribution in [3.63, 3.8) is 0 Å². The molecule has 1 aliphatic carbocycles. The van der Waals surface area contributed by atoms with Gasteiger partial charge in [-0.1, -0.05) is 42.8 Å². The Hall–Kier alpha value is -1.76. The normalized spacial score (nSPS) is 26.6. The summed E-state index contributed by atoms with van der Waals surface area (Å²) in [5, 5.41) is 17.5. The van der Waals surface area contributed by atoms with Crippen LogP contribution < -0.4 is 5.32 Å². The molecule has 0 spiro atoms. The first kappa shape index (κ1) is 17.6. The maximum atomic E-state index is 9.80. The number of aliphatic hydroxyl groups is 1. The summed E-state index contributed by atoms with van der Waals surface area (Å²) in [6.45, 7) is 4.55. The number of nitrogens with one attached hydrogen (secondary N) is 1. The lowest BCUT2D eigenvalue weighted by molar-refractivity contribution is 0.149. The first-order valence-electron chi connectivity index (χ1n) is 9.80. The van der Waals surface area contributed by atoms with E-state index in [0.717, 1.165) is 37.9 Å². The van der Waals surface area contributed by atoms with Crippen LogP contribution in [0.5, 0.6) is 0 Å². The molecule has 140 valence electrons. The minimum absolute atomic E-state index is 0.158. The largest absolute Gasteiger partial charge is 0.392 e. The van der Waals surface area contributed by atoms with Crippen LogP contribution in [0.15, 0.2) is 28.8 Å². The van der Waals surface area contributed by atoms with Gasteiger partial charge in [-0.3, -0.25) is 4.90 Å². The molecule has 2 fully saturated rings. The topological polar surface area (TPSA) is 74.4 Å². The summed E-state index contributed by atoms with van der Waals surface area (Å²) in [6, 6.07) is 9.25. The molecular weight excluding hydrogens is 328 g/mol. The Morgan fingerprint density at radius 2 is 2.08 bits per heavy atom. The van der Waals surface area contributed by atoms with Crippen molar-refractivity contribution in [3.05, 3.63) is 35.7 Å². The third-order valence-corrected chi connectivity index (χ3v) is 5.75. The predicted molar refractivity (Wildman–Crippen MR) is 99.6 cm³/mol. The van der Waals surface area contributed by atoms with Gasteiger partial charge in [-0.15, -0.1) is 0 Å². The summed E-state index contributed by atoms with van der Waals surface area (Å²) in [6.07, 6.45) is 5.35. The smallest absolute Gasteiger partial charge is 0.240 e. The van der Waals surface area contributed by atoms with Crippen LogP contribution in [-0.2, 0) is 13.0 Å². The van der Waals surface area contributed by atoms with Gasteiger partial charge in [-0.25, -0.2) is 0 Å². The average Bonchev–Trinajstić information content (AvgIpc) is 3.40. The van der Waals surface area contributed by atoms with E-state index < -0.39 is 0 Å². The second-order valence-electron chi connectivity index (χ2n) is 7.49. The molecule has 1 unspecified atom stereocenters. The Morgan fingerprint density at radius 3 is 2.81 bits per heavy atom. The number of aryl methyl sites for hydroxylation is 1. The van der Waals surface area contributed by atoms with Crippen molar-refractivity contribution < 1.29 is 9.63 Å². The molecular formula is C20H28N4O2. The zero-order chi connectivity index (χ0) is 17.9. The van der Waals surface area contributed by atoms with Crippen molar-refractivity contribution in [2.45, 2.75) is 63.8 Å². The van der Waals surface area contributed by atoms with Crippen LogP contribution >= 0.6 is 0 Å². The molecule has 1 aliphatic heterocycles. The molecule has 2 aliphatic rings. The Balaban J connectivity index is 1.35. The molecule has 1 saturated carbocycles. The highest BCUT2D eigenvalue weighted by atomic mass is 16.5. The van der Waals surface area contributed by atoms with Crippen molar-refractivity contribution in [2.75, 3.05) is 13.1 Å². The van der Waals surface area contributed by atoms with E-state index in [4.69, 9.17) is 4.52 Å². The van der Waals surface area contributed by atoms with Gasteiger partial charge in [0, 0.05) is 30.7 Å². The third kappa shape index (κ3) is 3.82. The molecule has 1 saturated heterocycles. The van der Waals surface area contributed by atoms with Crippen LogP contribution in [0.3, 0.4) is 0 Å². The summed E-state index contributed by atoms with van der Waals surface area (Å²) in [7, 11) is 0. The van der Waals surface area contributed by atoms with Gasteiger partial charge in [0.05, 0.1) is 12.6 Å². The average molecular weight is 356 g/mol. The highest BCUT2D eigenvalue weighted by Gasteiger charge is 2.35. The van der Waals surface area contributed by atoms with Crippen molar-refractivity contribution in [1.82, 2.24) is 20.4 Å². The van der Waals surface area contributed by atoms with E-state index >= 15 is 0 Å². The summed E-state index contributed by atoms with van der Waals surface area (Å²) in [5.41, 5.74) is 2.29. The Labute approximate surface area is 154 Å². The van der Waals surface area contributed by atoms with Crippen molar-refractivity contribution in [3.8, 4) is 11.4 Å². The molecule has 2 N–H and O–H groups in total. The minimum atomic E-state index is -0.158. The van der Waals surface area contributed by atoms with E-state index in [0.29, 0.717) is 30.3 Å². The van der Waals surface area contributed by atoms with E-state index in [1.54, 1.807) is 0 Å². The summed E-state index contributed by atoms with van der Waals surface area (Å²) >= 11 is 0. The molecule has 0 bridgehead atoms. The first-order valence-corrected chi connectivity index (χ1v) is 9.80. The maximum absolute atomic E-state index is 9.80. The second kappa shape index (κ2) is 7.86. The Bertz CT molecular complexity index is 715. The molecule has 1 aromatic heterocycles. The van der Waals surface area contributed by atoms with Crippen LogP contribution in [0, 0.1) is 0 Å². The number of rotatable bonds is 6. The highest BCUT2D eigenvalue weighted by molar-refractivity contribution is 5.54. The fourth-order valence-corrected chi connectivity index (χ4v) is 4.24. The molecule has 4 rings (SSSR count). The van der Waals surface area contributed by atoms with Crippen LogP contribution in [0.1, 0.15) is 44.1 Å². The molecule has 26 heavy (non-hydrogen) atoms.